The number of carbonyl (C=O) groups is 1. The van der Waals surface area contributed by atoms with E-state index in [1.54, 1.807) is 6.07 Å². The Morgan fingerprint density at radius 1 is 0.826 bits per heavy atom. The molecular formula is C37H40Cl2N4O3. The number of carbonyl (C=O) groups excluding carboxylic acids is 1. The summed E-state index contributed by atoms with van der Waals surface area (Å²) in [5.41, 5.74) is 8.47. The third-order valence-electron chi connectivity index (χ3n) is 7.64. The van der Waals surface area contributed by atoms with Crippen molar-refractivity contribution in [1.29, 1.82) is 0 Å². The molecule has 1 heterocycles. The summed E-state index contributed by atoms with van der Waals surface area (Å²) in [6.45, 7) is 8.63. The predicted molar refractivity (Wildman–Crippen MR) is 185 cm³/mol. The molecule has 1 atom stereocenters. The van der Waals surface area contributed by atoms with Crippen molar-refractivity contribution >= 4 is 40.1 Å². The van der Waals surface area contributed by atoms with Crippen LogP contribution in [0.2, 0.25) is 10.0 Å². The first-order valence-electron chi connectivity index (χ1n) is 15.5. The van der Waals surface area contributed by atoms with Crippen LogP contribution in [-0.2, 0) is 33.0 Å². The third kappa shape index (κ3) is 7.63. The third-order valence-corrected chi connectivity index (χ3v) is 8.36. The molecule has 0 aliphatic heterocycles. The fraction of sp³-hybridized carbons (Fsp3) is 0.297. The van der Waals surface area contributed by atoms with Gasteiger partial charge in [0.25, 0.3) is 5.91 Å². The lowest BCUT2D eigenvalue weighted by atomic mass is 9.80. The van der Waals surface area contributed by atoms with E-state index in [2.05, 4.69) is 22.5 Å². The average Bonchev–Trinajstić information content (AvgIpc) is 3.38. The predicted octanol–water partition coefficient (Wildman–Crippen LogP) is 8.41. The first kappa shape index (κ1) is 33.6. The number of benzene rings is 4. The molecule has 0 aliphatic carbocycles. The van der Waals surface area contributed by atoms with Crippen LogP contribution in [0.25, 0.3) is 11.0 Å². The fourth-order valence-corrected chi connectivity index (χ4v) is 5.81. The minimum absolute atomic E-state index is 0.374. The fourth-order valence-electron chi connectivity index (χ4n) is 5.49. The van der Waals surface area contributed by atoms with Crippen LogP contribution in [0, 0.1) is 0 Å². The number of fused-ring (bicyclic) bond motifs is 1. The Morgan fingerprint density at radius 3 is 1.85 bits per heavy atom. The van der Waals surface area contributed by atoms with Crippen molar-refractivity contribution in [2.45, 2.75) is 70.7 Å². The molecule has 0 radical (unpaired) electrons. The summed E-state index contributed by atoms with van der Waals surface area (Å²) >= 11 is 12.7. The highest BCUT2D eigenvalue weighted by Crippen LogP contribution is 2.39. The minimum Gasteiger partial charge on any atom is -0.328 e. The largest absolute Gasteiger partial charge is 0.328 e. The number of nitrogens with one attached hydrogen (secondary N) is 2. The number of hydrogen-bond acceptors (Lipinski definition) is 5. The molecule has 1 amide bonds. The van der Waals surface area contributed by atoms with Crippen molar-refractivity contribution in [3.63, 3.8) is 0 Å². The Kier molecular flexibility index (Phi) is 10.8. The van der Waals surface area contributed by atoms with Crippen LogP contribution in [0.3, 0.4) is 0 Å². The number of aryl methyl sites for hydroxylation is 2. The van der Waals surface area contributed by atoms with Gasteiger partial charge in [-0.05, 0) is 62.4 Å². The van der Waals surface area contributed by atoms with Gasteiger partial charge in [0.1, 0.15) is 11.9 Å². The molecule has 4 aromatic carbocycles. The first-order valence-corrected chi connectivity index (χ1v) is 16.3. The number of hydroxylamine groups is 2. The Labute approximate surface area is 280 Å². The highest BCUT2D eigenvalue weighted by atomic mass is 35.5. The number of aromatic nitrogens is 2. The van der Waals surface area contributed by atoms with Gasteiger partial charge >= 0.3 is 0 Å². The normalized spacial score (nSPS) is 12.7. The zero-order valence-electron chi connectivity index (χ0n) is 26.6. The summed E-state index contributed by atoms with van der Waals surface area (Å²) in [5, 5.41) is 0.932. The molecule has 0 spiro atoms. The van der Waals surface area contributed by atoms with Crippen LogP contribution in [0.1, 0.15) is 63.1 Å². The molecule has 7 nitrogen and oxygen atoms in total. The van der Waals surface area contributed by atoms with Crippen LogP contribution >= 0.6 is 23.2 Å². The smallest absolute Gasteiger partial charge is 0.263 e. The lowest BCUT2D eigenvalue weighted by Crippen LogP contribution is -2.49. The molecule has 0 fully saturated rings. The topological polar surface area (TPSA) is 77.4 Å². The molecule has 5 aromatic rings. The molecule has 5 rings (SSSR count). The molecule has 2 N–H and O–H groups in total. The van der Waals surface area contributed by atoms with E-state index in [4.69, 9.17) is 37.9 Å². The van der Waals surface area contributed by atoms with E-state index in [1.165, 1.54) is 0 Å². The number of imidazole rings is 1. The van der Waals surface area contributed by atoms with Crippen molar-refractivity contribution in [2.75, 3.05) is 0 Å². The number of nitrogens with zero attached hydrogens (tertiary/aromatic N) is 2. The summed E-state index contributed by atoms with van der Waals surface area (Å²) in [6.07, 6.45) is 1.78. The summed E-state index contributed by atoms with van der Waals surface area (Å²) in [4.78, 5) is 31.5. The van der Waals surface area contributed by atoms with Gasteiger partial charge in [-0.1, -0.05) is 121 Å². The first-order chi connectivity index (χ1) is 22.1. The van der Waals surface area contributed by atoms with E-state index in [0.717, 1.165) is 46.5 Å². The van der Waals surface area contributed by atoms with Crippen LogP contribution in [0.4, 0.5) is 0 Å². The highest BCUT2D eigenvalue weighted by Gasteiger charge is 2.39. The number of amides is 1. The second kappa shape index (κ2) is 14.8. The quantitative estimate of drug-likeness (QED) is 0.0981. The Hall–Kier alpha value is -3.72. The maximum Gasteiger partial charge on any atom is 0.263 e. The van der Waals surface area contributed by atoms with Gasteiger partial charge in [-0.3, -0.25) is 14.5 Å². The standard InChI is InChI=1S/C37H40Cl2N4O3/c1-5-23-43-33-25-30(39)29(38)24-32(33)40-34(43)22-21-31(41-45-36(2,3)4)35(44)42-46-37(26-15-9-6-10-16-26,27-17-11-7-12-18-27)28-19-13-8-14-20-28/h6-20,24-25,31,41H,5,21-23H2,1-4H3,(H,42,44). The molecule has 1 aromatic heterocycles. The van der Waals surface area contributed by atoms with Gasteiger partial charge in [-0.15, -0.1) is 0 Å². The molecule has 1 unspecified atom stereocenters. The van der Waals surface area contributed by atoms with Crippen molar-refractivity contribution in [1.82, 2.24) is 20.5 Å². The van der Waals surface area contributed by atoms with Crippen molar-refractivity contribution in [3.8, 4) is 0 Å². The van der Waals surface area contributed by atoms with Gasteiger partial charge in [0.05, 0.1) is 26.7 Å². The van der Waals surface area contributed by atoms with E-state index in [1.807, 2.05) is 118 Å². The summed E-state index contributed by atoms with van der Waals surface area (Å²) in [7, 11) is 0. The van der Waals surface area contributed by atoms with Gasteiger partial charge in [-0.2, -0.15) is 5.48 Å². The second-order valence-corrected chi connectivity index (χ2v) is 13.0. The van der Waals surface area contributed by atoms with Gasteiger partial charge in [0, 0.05) is 13.0 Å². The molecule has 0 saturated carbocycles. The zero-order chi connectivity index (χ0) is 32.7. The van der Waals surface area contributed by atoms with E-state index < -0.39 is 17.2 Å². The Bertz CT molecular complexity index is 1640. The SMILES string of the molecule is CCCn1c(CCC(NOC(C)(C)C)C(=O)NOC(c2ccccc2)(c2ccccc2)c2ccccc2)nc2cc(Cl)c(Cl)cc21. The molecule has 0 aliphatic rings. The second-order valence-electron chi connectivity index (χ2n) is 12.2. The summed E-state index contributed by atoms with van der Waals surface area (Å²) in [6, 6.07) is 32.5. The van der Waals surface area contributed by atoms with Crippen molar-refractivity contribution in [3.05, 3.63) is 136 Å². The minimum atomic E-state index is -1.12. The van der Waals surface area contributed by atoms with E-state index >= 15 is 0 Å². The van der Waals surface area contributed by atoms with Crippen LogP contribution in [0.15, 0.2) is 103 Å². The van der Waals surface area contributed by atoms with Crippen LogP contribution in [0.5, 0.6) is 0 Å². The molecule has 0 saturated heterocycles. The lowest BCUT2D eigenvalue weighted by Gasteiger charge is -2.35. The van der Waals surface area contributed by atoms with Gasteiger partial charge in [-0.25, -0.2) is 10.5 Å². The molecule has 46 heavy (non-hydrogen) atoms. The van der Waals surface area contributed by atoms with E-state index in [-0.39, 0.29) is 5.91 Å². The zero-order valence-corrected chi connectivity index (χ0v) is 28.1. The number of rotatable bonds is 13. The monoisotopic (exact) mass is 658 g/mol. The van der Waals surface area contributed by atoms with Crippen molar-refractivity contribution in [2.24, 2.45) is 0 Å². The van der Waals surface area contributed by atoms with Crippen LogP contribution in [-0.4, -0.2) is 27.1 Å². The lowest BCUT2D eigenvalue weighted by molar-refractivity contribution is -0.155. The molecule has 0 bridgehead atoms. The maximum atomic E-state index is 14.1. The van der Waals surface area contributed by atoms with Gasteiger partial charge < -0.3 is 4.57 Å². The Balaban J connectivity index is 1.46. The van der Waals surface area contributed by atoms with Crippen LogP contribution < -0.4 is 11.0 Å². The summed E-state index contributed by atoms with van der Waals surface area (Å²) in [5.74, 6) is 0.458. The van der Waals surface area contributed by atoms with E-state index in [0.29, 0.717) is 22.9 Å². The van der Waals surface area contributed by atoms with Crippen molar-refractivity contribution < 1.29 is 14.5 Å². The number of hydrogen-bond donors (Lipinski definition) is 2. The number of halogens is 2. The molecule has 240 valence electrons. The molecular weight excluding hydrogens is 619 g/mol. The van der Waals surface area contributed by atoms with E-state index in [9.17, 15) is 4.79 Å². The average molecular weight is 660 g/mol. The maximum absolute atomic E-state index is 14.1. The highest BCUT2D eigenvalue weighted by molar-refractivity contribution is 6.42. The summed E-state index contributed by atoms with van der Waals surface area (Å²) < 4.78 is 2.14. The Morgan fingerprint density at radius 2 is 1.35 bits per heavy atom. The molecule has 9 heteroatoms. The van der Waals surface area contributed by atoms with Gasteiger partial charge in [0.2, 0.25) is 0 Å². The van der Waals surface area contributed by atoms with Gasteiger partial charge in [0.15, 0.2) is 5.60 Å².